The summed E-state index contributed by atoms with van der Waals surface area (Å²) in [6, 6.07) is 8.11. The van der Waals surface area contributed by atoms with Gasteiger partial charge >= 0.3 is 17.8 Å². The fourth-order valence-corrected chi connectivity index (χ4v) is 2.32. The van der Waals surface area contributed by atoms with Crippen LogP contribution in [-0.4, -0.2) is 35.3 Å². The Balaban J connectivity index is 2.52. The third-order valence-electron chi connectivity index (χ3n) is 3.43. The highest BCUT2D eigenvalue weighted by Crippen LogP contribution is 2.35. The Hall–Kier alpha value is -2.81. The van der Waals surface area contributed by atoms with E-state index < -0.39 is 23.7 Å². The van der Waals surface area contributed by atoms with Gasteiger partial charge in [-0.1, -0.05) is 23.7 Å². The quantitative estimate of drug-likeness (QED) is 0.573. The number of rotatable bonds is 6. The number of amides is 1. The minimum Gasteiger partial charge on any atom is -0.463 e. The Morgan fingerprint density at radius 3 is 2.44 bits per heavy atom. The molecule has 0 radical (unpaired) electrons. The molecule has 1 amide bonds. The number of aromatic nitrogens is 1. The summed E-state index contributed by atoms with van der Waals surface area (Å²) in [5, 5.41) is 3.62. The molecule has 6 nitrogen and oxygen atoms in total. The number of nitrogens with zero attached hydrogens (tertiary/aromatic N) is 1. The molecule has 2 N–H and O–H groups in total. The van der Waals surface area contributed by atoms with Gasteiger partial charge in [-0.25, -0.2) is 4.79 Å². The van der Waals surface area contributed by atoms with E-state index in [1.165, 1.54) is 49.5 Å². The van der Waals surface area contributed by atoms with Crippen LogP contribution in [0.5, 0.6) is 0 Å². The van der Waals surface area contributed by atoms with E-state index in [1.54, 1.807) is 5.32 Å². The lowest BCUT2D eigenvalue weighted by molar-refractivity contribution is -0.204. The van der Waals surface area contributed by atoms with Crippen molar-refractivity contribution in [3.05, 3.63) is 59.4 Å². The molecule has 0 saturated carbocycles. The summed E-state index contributed by atoms with van der Waals surface area (Å²) in [5.74, 6) is -2.90. The van der Waals surface area contributed by atoms with E-state index in [1.807, 2.05) is 5.32 Å². The Kier molecular flexibility index (Phi) is 6.27. The molecule has 1 aromatic heterocycles. The molecular weight excluding hydrogens is 387 g/mol. The highest BCUT2D eigenvalue weighted by Gasteiger charge is 2.63. The van der Waals surface area contributed by atoms with Crippen molar-refractivity contribution in [3.8, 4) is 0 Å². The van der Waals surface area contributed by atoms with Crippen LogP contribution in [0.15, 0.2) is 48.8 Å². The lowest BCUT2D eigenvalue weighted by Gasteiger charge is -2.35. The van der Waals surface area contributed by atoms with Gasteiger partial charge < -0.3 is 15.4 Å². The summed E-state index contributed by atoms with van der Waals surface area (Å²) in [6.45, 7) is 1.01. The first-order chi connectivity index (χ1) is 12.7. The van der Waals surface area contributed by atoms with Crippen LogP contribution < -0.4 is 10.6 Å². The van der Waals surface area contributed by atoms with Gasteiger partial charge in [-0.2, -0.15) is 13.2 Å². The molecule has 2 aromatic rings. The molecule has 10 heteroatoms. The molecule has 0 aliphatic heterocycles. The third-order valence-corrected chi connectivity index (χ3v) is 3.76. The van der Waals surface area contributed by atoms with E-state index in [0.717, 1.165) is 6.20 Å². The molecule has 0 bridgehead atoms. The van der Waals surface area contributed by atoms with Crippen LogP contribution in [-0.2, 0) is 9.53 Å². The molecule has 0 saturated heterocycles. The summed E-state index contributed by atoms with van der Waals surface area (Å²) in [6.07, 6.45) is -2.84. The molecule has 1 aromatic carbocycles. The number of esters is 1. The zero-order valence-electron chi connectivity index (χ0n) is 14.0. The second-order valence-corrected chi connectivity index (χ2v) is 5.68. The number of carbonyl (C=O) groups excluding carboxylic acids is 2. The fraction of sp³-hybridized carbons (Fsp3) is 0.235. The fourth-order valence-electron chi connectivity index (χ4n) is 2.13. The predicted octanol–water partition coefficient (Wildman–Crippen LogP) is 3.40. The van der Waals surface area contributed by atoms with Gasteiger partial charge in [0.25, 0.3) is 5.91 Å². The van der Waals surface area contributed by atoms with E-state index in [2.05, 4.69) is 9.72 Å². The SMILES string of the molecule is CCOC(=O)C(NC(=O)c1cccnc1)(Nc1ccccc1Cl)C(F)(F)F. The number of halogens is 4. The zero-order chi connectivity index (χ0) is 20.1. The molecular formula is C17H15ClF3N3O3. The van der Waals surface area contributed by atoms with Crippen molar-refractivity contribution in [1.82, 2.24) is 10.3 Å². The number of pyridine rings is 1. The van der Waals surface area contributed by atoms with E-state index in [4.69, 9.17) is 11.6 Å². The minimum atomic E-state index is -5.25. The average Bonchev–Trinajstić information content (AvgIpc) is 2.62. The Morgan fingerprint density at radius 1 is 1.19 bits per heavy atom. The number of alkyl halides is 3. The number of para-hydroxylation sites is 1. The molecule has 1 heterocycles. The van der Waals surface area contributed by atoms with Gasteiger partial charge in [0.05, 0.1) is 22.9 Å². The predicted molar refractivity (Wildman–Crippen MR) is 92.2 cm³/mol. The number of anilines is 1. The molecule has 0 spiro atoms. The van der Waals surface area contributed by atoms with Crippen LogP contribution in [0.3, 0.4) is 0 Å². The number of hydrogen-bond donors (Lipinski definition) is 2. The smallest absolute Gasteiger partial charge is 0.441 e. The van der Waals surface area contributed by atoms with Gasteiger partial charge in [0.1, 0.15) is 0 Å². The summed E-state index contributed by atoms with van der Waals surface area (Å²) >= 11 is 5.91. The molecule has 27 heavy (non-hydrogen) atoms. The Labute approximate surface area is 157 Å². The number of carbonyl (C=O) groups is 2. The standard InChI is InChI=1S/C17H15ClF3N3O3/c1-2-27-15(26)16(17(19,20)21,23-13-8-4-3-7-12(13)18)24-14(25)11-6-5-9-22-10-11/h3-10,23H,2H2,1H3,(H,24,25). The maximum absolute atomic E-state index is 14.0. The Morgan fingerprint density at radius 2 is 1.89 bits per heavy atom. The normalized spacial score (nSPS) is 13.4. The molecule has 144 valence electrons. The van der Waals surface area contributed by atoms with Crippen molar-refractivity contribution in [2.45, 2.75) is 18.8 Å². The molecule has 1 atom stereocenters. The molecule has 0 aliphatic rings. The van der Waals surface area contributed by atoms with Gasteiger partial charge in [0, 0.05) is 12.4 Å². The zero-order valence-corrected chi connectivity index (χ0v) is 14.8. The van der Waals surface area contributed by atoms with Crippen molar-refractivity contribution in [2.75, 3.05) is 11.9 Å². The average molecular weight is 402 g/mol. The van der Waals surface area contributed by atoms with Crippen molar-refractivity contribution >= 4 is 29.2 Å². The van der Waals surface area contributed by atoms with Crippen LogP contribution in [0.2, 0.25) is 5.02 Å². The highest BCUT2D eigenvalue weighted by molar-refractivity contribution is 6.33. The molecule has 1 unspecified atom stereocenters. The van der Waals surface area contributed by atoms with Crippen LogP contribution in [0.4, 0.5) is 18.9 Å². The van der Waals surface area contributed by atoms with E-state index in [-0.39, 0.29) is 22.9 Å². The molecule has 0 aliphatic carbocycles. The topological polar surface area (TPSA) is 80.3 Å². The maximum Gasteiger partial charge on any atom is 0.441 e. The number of benzene rings is 1. The van der Waals surface area contributed by atoms with Crippen LogP contribution >= 0.6 is 11.6 Å². The summed E-state index contributed by atoms with van der Waals surface area (Å²) in [7, 11) is 0. The number of ether oxygens (including phenoxy) is 1. The van der Waals surface area contributed by atoms with Gasteiger partial charge in [-0.3, -0.25) is 9.78 Å². The molecule has 2 rings (SSSR count). The van der Waals surface area contributed by atoms with Crippen molar-refractivity contribution in [2.24, 2.45) is 0 Å². The van der Waals surface area contributed by atoms with Crippen LogP contribution in [0.1, 0.15) is 17.3 Å². The Bertz CT molecular complexity index is 818. The van der Waals surface area contributed by atoms with Crippen molar-refractivity contribution in [3.63, 3.8) is 0 Å². The van der Waals surface area contributed by atoms with E-state index >= 15 is 0 Å². The molecule has 0 fully saturated rings. The largest absolute Gasteiger partial charge is 0.463 e. The van der Waals surface area contributed by atoms with Crippen molar-refractivity contribution in [1.29, 1.82) is 0 Å². The van der Waals surface area contributed by atoms with Crippen LogP contribution in [0.25, 0.3) is 0 Å². The van der Waals surface area contributed by atoms with Crippen LogP contribution in [0, 0.1) is 0 Å². The number of nitrogens with one attached hydrogen (secondary N) is 2. The van der Waals surface area contributed by atoms with Gasteiger partial charge in [-0.05, 0) is 31.2 Å². The van der Waals surface area contributed by atoms with Gasteiger partial charge in [0.15, 0.2) is 0 Å². The van der Waals surface area contributed by atoms with Gasteiger partial charge in [-0.15, -0.1) is 0 Å². The first-order valence-electron chi connectivity index (χ1n) is 7.70. The first-order valence-corrected chi connectivity index (χ1v) is 8.08. The van der Waals surface area contributed by atoms with E-state index in [0.29, 0.717) is 0 Å². The maximum atomic E-state index is 14.0. The minimum absolute atomic E-state index is 0.0777. The number of hydrogen-bond acceptors (Lipinski definition) is 5. The summed E-state index contributed by atoms with van der Waals surface area (Å²) in [5.41, 5.74) is -3.94. The van der Waals surface area contributed by atoms with Crippen molar-refractivity contribution < 1.29 is 27.5 Å². The second-order valence-electron chi connectivity index (χ2n) is 5.27. The monoisotopic (exact) mass is 401 g/mol. The first kappa shape index (κ1) is 20.5. The van der Waals surface area contributed by atoms with E-state index in [9.17, 15) is 22.8 Å². The van der Waals surface area contributed by atoms with Gasteiger partial charge in [0.2, 0.25) is 0 Å². The third kappa shape index (κ3) is 4.48. The highest BCUT2D eigenvalue weighted by atomic mass is 35.5. The lowest BCUT2D eigenvalue weighted by atomic mass is 10.1. The lowest BCUT2D eigenvalue weighted by Crippen LogP contribution is -2.69. The second kappa shape index (κ2) is 8.26. The summed E-state index contributed by atoms with van der Waals surface area (Å²) < 4.78 is 46.6. The summed E-state index contributed by atoms with van der Waals surface area (Å²) in [4.78, 5) is 28.4.